The maximum atomic E-state index is 5.46. The molecule has 4 rings (SSSR count). The molecule has 0 unspecified atom stereocenters. The predicted molar refractivity (Wildman–Crippen MR) is 113 cm³/mol. The van der Waals surface area contributed by atoms with Crippen molar-refractivity contribution in [2.24, 2.45) is 0 Å². The first-order chi connectivity index (χ1) is 13.1. The number of ether oxygens (including phenoxy) is 1. The number of aromatic nitrogens is 3. The molecular formula is C20H17BrN4OS. The highest BCUT2D eigenvalue weighted by atomic mass is 79.9. The third-order valence-corrected chi connectivity index (χ3v) is 5.32. The van der Waals surface area contributed by atoms with Gasteiger partial charge in [-0.15, -0.1) is 11.3 Å². The first-order valence-electron chi connectivity index (χ1n) is 8.30. The summed E-state index contributed by atoms with van der Waals surface area (Å²) in [5.41, 5.74) is 4.89. The summed E-state index contributed by atoms with van der Waals surface area (Å²) in [5.74, 6) is 0.801. The van der Waals surface area contributed by atoms with Crippen molar-refractivity contribution in [1.82, 2.24) is 14.5 Å². The Labute approximate surface area is 169 Å². The first kappa shape index (κ1) is 17.8. The molecular weight excluding hydrogens is 424 g/mol. The molecule has 0 aliphatic heterocycles. The standard InChI is InChI=1S/C20H17BrN4OS/c1-13-10-25(12-22-13)16-6-4-15(5-7-16)23-20-24-18(11-27-20)17-9-14(21)3-8-19(17)26-2/h3-12H,1-2H3,(H,23,24). The lowest BCUT2D eigenvalue weighted by molar-refractivity contribution is 0.416. The van der Waals surface area contributed by atoms with E-state index in [4.69, 9.17) is 9.72 Å². The zero-order chi connectivity index (χ0) is 18.8. The molecule has 0 aliphatic carbocycles. The summed E-state index contributed by atoms with van der Waals surface area (Å²) in [6.45, 7) is 1.98. The average Bonchev–Trinajstić information content (AvgIpc) is 3.31. The van der Waals surface area contributed by atoms with E-state index in [0.29, 0.717) is 0 Å². The van der Waals surface area contributed by atoms with Gasteiger partial charge in [-0.05, 0) is 49.4 Å². The molecule has 0 amide bonds. The Morgan fingerprint density at radius 2 is 1.96 bits per heavy atom. The summed E-state index contributed by atoms with van der Waals surface area (Å²) in [5, 5.41) is 6.21. The van der Waals surface area contributed by atoms with Gasteiger partial charge in [0.2, 0.25) is 0 Å². The number of methoxy groups -OCH3 is 1. The summed E-state index contributed by atoms with van der Waals surface area (Å²) in [4.78, 5) is 8.96. The number of thiazole rings is 1. The Bertz CT molecular complexity index is 1070. The zero-order valence-electron chi connectivity index (χ0n) is 14.8. The van der Waals surface area contributed by atoms with Gasteiger partial charge in [0.05, 0.1) is 24.8 Å². The van der Waals surface area contributed by atoms with Gasteiger partial charge in [-0.1, -0.05) is 15.9 Å². The van der Waals surface area contributed by atoms with E-state index in [1.165, 1.54) is 0 Å². The van der Waals surface area contributed by atoms with Crippen molar-refractivity contribution in [2.45, 2.75) is 6.92 Å². The van der Waals surface area contributed by atoms with Gasteiger partial charge >= 0.3 is 0 Å². The fourth-order valence-electron chi connectivity index (χ4n) is 2.74. The van der Waals surface area contributed by atoms with E-state index in [0.717, 1.165) is 43.7 Å². The van der Waals surface area contributed by atoms with Crippen molar-refractivity contribution in [2.75, 3.05) is 12.4 Å². The molecule has 0 saturated carbocycles. The Morgan fingerprint density at radius 3 is 2.67 bits per heavy atom. The second kappa shape index (κ2) is 7.54. The normalized spacial score (nSPS) is 10.8. The van der Waals surface area contributed by atoms with Gasteiger partial charge < -0.3 is 14.6 Å². The topological polar surface area (TPSA) is 52.0 Å². The fraction of sp³-hybridized carbons (Fsp3) is 0.100. The lowest BCUT2D eigenvalue weighted by Crippen LogP contribution is -1.93. The van der Waals surface area contributed by atoms with Crippen molar-refractivity contribution < 1.29 is 4.74 Å². The number of imidazole rings is 1. The van der Waals surface area contributed by atoms with Gasteiger partial charge in [-0.3, -0.25) is 0 Å². The maximum absolute atomic E-state index is 5.46. The molecule has 5 nitrogen and oxygen atoms in total. The van der Waals surface area contributed by atoms with Crippen LogP contribution in [0.2, 0.25) is 0 Å². The molecule has 4 aromatic rings. The minimum atomic E-state index is 0.801. The average molecular weight is 441 g/mol. The van der Waals surface area contributed by atoms with Crippen LogP contribution in [-0.2, 0) is 0 Å². The summed E-state index contributed by atoms with van der Waals surface area (Å²) in [6.07, 6.45) is 3.82. The zero-order valence-corrected chi connectivity index (χ0v) is 17.2. The number of anilines is 2. The molecule has 0 spiro atoms. The van der Waals surface area contributed by atoms with E-state index in [1.54, 1.807) is 18.4 Å². The monoisotopic (exact) mass is 440 g/mol. The van der Waals surface area contributed by atoms with Gasteiger partial charge in [0.15, 0.2) is 5.13 Å². The van der Waals surface area contributed by atoms with Crippen LogP contribution in [0.15, 0.2) is 64.8 Å². The molecule has 27 heavy (non-hydrogen) atoms. The molecule has 0 saturated heterocycles. The molecule has 0 aliphatic rings. The molecule has 1 N–H and O–H groups in total. The highest BCUT2D eigenvalue weighted by Gasteiger charge is 2.11. The second-order valence-corrected chi connectivity index (χ2v) is 7.75. The predicted octanol–water partition coefficient (Wildman–Crippen LogP) is 5.82. The van der Waals surface area contributed by atoms with Crippen molar-refractivity contribution in [1.29, 1.82) is 0 Å². The van der Waals surface area contributed by atoms with E-state index in [2.05, 4.69) is 38.4 Å². The van der Waals surface area contributed by atoms with Crippen LogP contribution in [0.5, 0.6) is 5.75 Å². The van der Waals surface area contributed by atoms with Gasteiger partial charge in [-0.25, -0.2) is 9.97 Å². The van der Waals surface area contributed by atoms with E-state index in [-0.39, 0.29) is 0 Å². The number of benzene rings is 2. The van der Waals surface area contributed by atoms with Crippen molar-refractivity contribution in [3.8, 4) is 22.7 Å². The van der Waals surface area contributed by atoms with E-state index >= 15 is 0 Å². The first-order valence-corrected chi connectivity index (χ1v) is 9.97. The molecule has 136 valence electrons. The van der Waals surface area contributed by atoms with Crippen LogP contribution in [0.1, 0.15) is 5.69 Å². The molecule has 0 bridgehead atoms. The van der Waals surface area contributed by atoms with Crippen LogP contribution in [0.25, 0.3) is 16.9 Å². The van der Waals surface area contributed by atoms with Gasteiger partial charge in [0.1, 0.15) is 5.75 Å². The number of halogens is 1. The van der Waals surface area contributed by atoms with Gasteiger partial charge in [-0.2, -0.15) is 0 Å². The van der Waals surface area contributed by atoms with E-state index in [1.807, 2.05) is 59.7 Å². The SMILES string of the molecule is COc1ccc(Br)cc1-c1csc(Nc2ccc(-n3cnc(C)c3)cc2)n1. The third kappa shape index (κ3) is 3.89. The summed E-state index contributed by atoms with van der Waals surface area (Å²) >= 11 is 5.07. The Hall–Kier alpha value is -2.64. The van der Waals surface area contributed by atoms with Crippen LogP contribution in [0.4, 0.5) is 10.8 Å². The molecule has 2 aromatic carbocycles. The van der Waals surface area contributed by atoms with Crippen LogP contribution >= 0.6 is 27.3 Å². The molecule has 0 fully saturated rings. The van der Waals surface area contributed by atoms with Crippen LogP contribution in [0, 0.1) is 6.92 Å². The number of hydrogen-bond acceptors (Lipinski definition) is 5. The lowest BCUT2D eigenvalue weighted by Gasteiger charge is -2.07. The van der Waals surface area contributed by atoms with Gasteiger partial charge in [0.25, 0.3) is 0 Å². The highest BCUT2D eigenvalue weighted by molar-refractivity contribution is 9.10. The number of nitrogens with one attached hydrogen (secondary N) is 1. The smallest absolute Gasteiger partial charge is 0.187 e. The van der Waals surface area contributed by atoms with Crippen molar-refractivity contribution >= 4 is 38.1 Å². The number of hydrogen-bond donors (Lipinski definition) is 1. The maximum Gasteiger partial charge on any atom is 0.187 e. The molecule has 7 heteroatoms. The molecule has 2 heterocycles. The van der Waals surface area contributed by atoms with Crippen LogP contribution in [-0.4, -0.2) is 21.6 Å². The summed E-state index contributed by atoms with van der Waals surface area (Å²) in [6, 6.07) is 14.1. The fourth-order valence-corrected chi connectivity index (χ4v) is 3.83. The van der Waals surface area contributed by atoms with Crippen molar-refractivity contribution in [3.63, 3.8) is 0 Å². The van der Waals surface area contributed by atoms with Crippen LogP contribution in [0.3, 0.4) is 0 Å². The Kier molecular flexibility index (Phi) is 4.96. The lowest BCUT2D eigenvalue weighted by atomic mass is 10.1. The highest BCUT2D eigenvalue weighted by Crippen LogP contribution is 2.35. The van der Waals surface area contributed by atoms with Crippen molar-refractivity contribution in [3.05, 3.63) is 70.5 Å². The molecule has 0 atom stereocenters. The molecule has 0 radical (unpaired) electrons. The number of rotatable bonds is 5. The Morgan fingerprint density at radius 1 is 1.15 bits per heavy atom. The summed E-state index contributed by atoms with van der Waals surface area (Å²) < 4.78 is 8.45. The quantitative estimate of drug-likeness (QED) is 0.424. The summed E-state index contributed by atoms with van der Waals surface area (Å²) in [7, 11) is 1.67. The van der Waals surface area contributed by atoms with E-state index < -0.39 is 0 Å². The molecule has 2 aromatic heterocycles. The third-order valence-electron chi connectivity index (χ3n) is 4.07. The Balaban J connectivity index is 1.54. The number of aryl methyl sites for hydroxylation is 1. The second-order valence-electron chi connectivity index (χ2n) is 5.98. The minimum absolute atomic E-state index is 0.801. The largest absolute Gasteiger partial charge is 0.496 e. The van der Waals surface area contributed by atoms with Gasteiger partial charge in [0, 0.05) is 33.0 Å². The number of nitrogens with zero attached hydrogens (tertiary/aromatic N) is 3. The van der Waals surface area contributed by atoms with Crippen LogP contribution < -0.4 is 10.1 Å². The van der Waals surface area contributed by atoms with E-state index in [9.17, 15) is 0 Å². The minimum Gasteiger partial charge on any atom is -0.496 e.